The minimum Gasteiger partial charge on any atom is -0.497 e. The molecule has 0 aliphatic carbocycles. The van der Waals surface area contributed by atoms with Gasteiger partial charge in [-0.2, -0.15) is 0 Å². The predicted octanol–water partition coefficient (Wildman–Crippen LogP) is 6.67. The van der Waals surface area contributed by atoms with Gasteiger partial charge in [0.2, 0.25) is 0 Å². The Kier molecular flexibility index (Phi) is 7.72. The van der Waals surface area contributed by atoms with Crippen molar-refractivity contribution >= 4 is 11.9 Å². The number of hydrogen-bond acceptors (Lipinski definition) is 4. The summed E-state index contributed by atoms with van der Waals surface area (Å²) in [4.78, 5) is 12.7. The molecule has 0 bridgehead atoms. The lowest BCUT2D eigenvalue weighted by Gasteiger charge is -2.27. The van der Waals surface area contributed by atoms with E-state index in [1.54, 1.807) is 43.5 Å². The van der Waals surface area contributed by atoms with E-state index in [1.807, 2.05) is 59.8 Å². The molecule has 0 saturated heterocycles. The first-order chi connectivity index (χ1) is 14.4. The summed E-state index contributed by atoms with van der Waals surface area (Å²) in [6.45, 7) is 15.9. The number of allylic oxidation sites excluding steroid dienone is 2. The van der Waals surface area contributed by atoms with Crippen LogP contribution >= 0.6 is 0 Å². The molecule has 0 aliphatic rings. The Labute approximate surface area is 186 Å². The second-order valence-corrected chi connectivity index (χ2v) is 9.35. The lowest BCUT2D eigenvalue weighted by Crippen LogP contribution is -2.25. The quantitative estimate of drug-likeness (QED) is 0.271. The topological polar surface area (TPSA) is 44.8 Å². The lowest BCUT2D eigenvalue weighted by molar-refractivity contribution is 0.104. The monoisotopic (exact) mass is 422 g/mol. The van der Waals surface area contributed by atoms with Crippen LogP contribution in [0.25, 0.3) is 6.08 Å². The van der Waals surface area contributed by atoms with E-state index in [2.05, 4.69) is 6.58 Å². The first-order valence-corrected chi connectivity index (χ1v) is 10.4. The maximum absolute atomic E-state index is 12.7. The Hall–Kier alpha value is -3.01. The largest absolute Gasteiger partial charge is 0.497 e. The molecule has 4 nitrogen and oxygen atoms in total. The molecule has 2 aromatic rings. The minimum atomic E-state index is -0.401. The van der Waals surface area contributed by atoms with Gasteiger partial charge in [0.25, 0.3) is 0 Å². The smallest absolute Gasteiger partial charge is 0.185 e. The standard InChI is InChI=1S/C27H34O4/c1-9-10-20-17-21(13-16-23(28)19-11-14-22(29-8)15-12-19)25(31-27(5,6)7)18-24(20)30-26(2,3)4/h9,11-18H,1,10H2,2-8H3/b16-13-. The van der Waals surface area contributed by atoms with Crippen molar-refractivity contribution < 1.29 is 19.0 Å². The Balaban J connectivity index is 2.46. The average Bonchev–Trinajstić information content (AvgIpc) is 2.66. The van der Waals surface area contributed by atoms with Crippen molar-refractivity contribution in [1.29, 1.82) is 0 Å². The van der Waals surface area contributed by atoms with E-state index < -0.39 is 5.60 Å². The van der Waals surface area contributed by atoms with E-state index in [9.17, 15) is 4.79 Å². The van der Waals surface area contributed by atoms with Crippen LogP contribution in [0.15, 0.2) is 55.1 Å². The molecule has 0 radical (unpaired) electrons. The fraction of sp³-hybridized carbons (Fsp3) is 0.370. The molecule has 166 valence electrons. The van der Waals surface area contributed by atoms with Gasteiger partial charge in [-0.3, -0.25) is 4.79 Å². The SMILES string of the molecule is C=CCc1cc(/C=C\C(=O)c2ccc(OC)cc2)c(OC(C)(C)C)cc1OC(C)(C)C. The maximum atomic E-state index is 12.7. The number of carbonyl (C=O) groups is 1. The molecule has 31 heavy (non-hydrogen) atoms. The highest BCUT2D eigenvalue weighted by molar-refractivity contribution is 6.07. The van der Waals surface area contributed by atoms with Gasteiger partial charge in [-0.1, -0.05) is 6.08 Å². The van der Waals surface area contributed by atoms with Crippen LogP contribution in [0.2, 0.25) is 0 Å². The molecule has 0 amide bonds. The number of hydrogen-bond donors (Lipinski definition) is 0. The summed E-state index contributed by atoms with van der Waals surface area (Å²) >= 11 is 0. The highest BCUT2D eigenvalue weighted by atomic mass is 16.5. The van der Waals surface area contributed by atoms with E-state index >= 15 is 0 Å². The van der Waals surface area contributed by atoms with Crippen LogP contribution in [0, 0.1) is 0 Å². The molecule has 2 rings (SSSR count). The molecule has 4 heteroatoms. The van der Waals surface area contributed by atoms with Crippen LogP contribution < -0.4 is 14.2 Å². The first kappa shape index (κ1) is 24.3. The van der Waals surface area contributed by atoms with E-state index in [4.69, 9.17) is 14.2 Å². The van der Waals surface area contributed by atoms with Crippen LogP contribution in [0.3, 0.4) is 0 Å². The van der Waals surface area contributed by atoms with Crippen LogP contribution in [0.4, 0.5) is 0 Å². The Morgan fingerprint density at radius 3 is 2.03 bits per heavy atom. The molecule has 0 aromatic heterocycles. The fourth-order valence-electron chi connectivity index (χ4n) is 2.93. The molecule has 0 aliphatic heterocycles. The number of carbonyl (C=O) groups excluding carboxylic acids is 1. The summed E-state index contributed by atoms with van der Waals surface area (Å²) in [5.74, 6) is 2.04. The third-order valence-corrected chi connectivity index (χ3v) is 4.18. The van der Waals surface area contributed by atoms with E-state index in [-0.39, 0.29) is 11.4 Å². The van der Waals surface area contributed by atoms with Crippen molar-refractivity contribution in [3.63, 3.8) is 0 Å². The van der Waals surface area contributed by atoms with Gasteiger partial charge < -0.3 is 14.2 Å². The van der Waals surface area contributed by atoms with Crippen molar-refractivity contribution in [2.45, 2.75) is 59.2 Å². The molecule has 2 aromatic carbocycles. The highest BCUT2D eigenvalue weighted by Crippen LogP contribution is 2.35. The van der Waals surface area contributed by atoms with Gasteiger partial charge >= 0.3 is 0 Å². The molecular formula is C27H34O4. The zero-order chi connectivity index (χ0) is 23.2. The normalized spacial score (nSPS) is 12.0. The zero-order valence-electron chi connectivity index (χ0n) is 19.7. The Morgan fingerprint density at radius 1 is 0.935 bits per heavy atom. The molecule has 0 atom stereocenters. The second kappa shape index (κ2) is 9.86. The third kappa shape index (κ3) is 7.63. The second-order valence-electron chi connectivity index (χ2n) is 9.35. The number of rotatable bonds is 8. The molecule has 0 heterocycles. The molecule has 0 saturated carbocycles. The van der Waals surface area contributed by atoms with Gasteiger partial charge in [0.05, 0.1) is 7.11 Å². The van der Waals surface area contributed by atoms with E-state index in [1.165, 1.54) is 0 Å². The lowest BCUT2D eigenvalue weighted by atomic mass is 10.0. The van der Waals surface area contributed by atoms with Gasteiger partial charge in [0.15, 0.2) is 5.78 Å². The summed E-state index contributed by atoms with van der Waals surface area (Å²) < 4.78 is 17.5. The molecule has 0 spiro atoms. The van der Waals surface area contributed by atoms with Gasteiger partial charge in [0.1, 0.15) is 28.5 Å². The van der Waals surface area contributed by atoms with E-state index in [0.29, 0.717) is 23.5 Å². The minimum absolute atomic E-state index is 0.0929. The van der Waals surface area contributed by atoms with Crippen molar-refractivity contribution in [1.82, 2.24) is 0 Å². The summed E-state index contributed by atoms with van der Waals surface area (Å²) in [5.41, 5.74) is 1.64. The fourth-order valence-corrected chi connectivity index (χ4v) is 2.93. The summed E-state index contributed by atoms with van der Waals surface area (Å²) in [7, 11) is 1.60. The predicted molar refractivity (Wildman–Crippen MR) is 127 cm³/mol. The zero-order valence-corrected chi connectivity index (χ0v) is 19.7. The van der Waals surface area contributed by atoms with Crippen LogP contribution in [-0.4, -0.2) is 24.1 Å². The maximum Gasteiger partial charge on any atom is 0.185 e. The number of methoxy groups -OCH3 is 1. The van der Waals surface area contributed by atoms with Crippen LogP contribution in [0.1, 0.15) is 63.0 Å². The van der Waals surface area contributed by atoms with Crippen molar-refractivity contribution in [3.8, 4) is 17.2 Å². The average molecular weight is 423 g/mol. The van der Waals surface area contributed by atoms with Gasteiger partial charge in [-0.15, -0.1) is 6.58 Å². The van der Waals surface area contributed by atoms with Gasteiger partial charge in [-0.25, -0.2) is 0 Å². The molecule has 0 fully saturated rings. The highest BCUT2D eigenvalue weighted by Gasteiger charge is 2.20. The van der Waals surface area contributed by atoms with Crippen molar-refractivity contribution in [2.75, 3.05) is 7.11 Å². The summed E-state index contributed by atoms with van der Waals surface area (Å²) in [6.07, 6.45) is 5.84. The number of ether oxygens (including phenoxy) is 3. The van der Waals surface area contributed by atoms with E-state index in [0.717, 1.165) is 16.9 Å². The Bertz CT molecular complexity index is 939. The number of ketones is 1. The van der Waals surface area contributed by atoms with Crippen LogP contribution in [0.5, 0.6) is 17.2 Å². The molecular weight excluding hydrogens is 388 g/mol. The van der Waals surface area contributed by atoms with Crippen molar-refractivity contribution in [2.24, 2.45) is 0 Å². The third-order valence-electron chi connectivity index (χ3n) is 4.18. The molecule has 0 N–H and O–H groups in total. The first-order valence-electron chi connectivity index (χ1n) is 10.4. The van der Waals surface area contributed by atoms with Crippen molar-refractivity contribution in [3.05, 3.63) is 71.8 Å². The van der Waals surface area contributed by atoms with Gasteiger partial charge in [-0.05, 0) is 96.0 Å². The number of benzene rings is 2. The van der Waals surface area contributed by atoms with Gasteiger partial charge in [0, 0.05) is 17.2 Å². The van der Waals surface area contributed by atoms with Crippen LogP contribution in [-0.2, 0) is 6.42 Å². The Morgan fingerprint density at radius 2 is 1.52 bits per heavy atom. The summed E-state index contributed by atoms with van der Waals surface area (Å²) in [6, 6.07) is 11.0. The summed E-state index contributed by atoms with van der Waals surface area (Å²) in [5, 5.41) is 0. The molecule has 0 unspecified atom stereocenters.